The first-order valence-corrected chi connectivity index (χ1v) is 7.94. The van der Waals surface area contributed by atoms with Crippen LogP contribution in [0, 0.1) is 5.41 Å². The van der Waals surface area contributed by atoms with Gasteiger partial charge in [-0.15, -0.1) is 0 Å². The Morgan fingerprint density at radius 1 is 1.35 bits per heavy atom. The molecule has 20 heavy (non-hydrogen) atoms. The molecule has 0 aliphatic heterocycles. The van der Waals surface area contributed by atoms with Gasteiger partial charge in [-0.25, -0.2) is 18.1 Å². The highest BCUT2D eigenvalue weighted by Crippen LogP contribution is 2.16. The molecule has 114 valence electrons. The summed E-state index contributed by atoms with van der Waals surface area (Å²) >= 11 is 0. The number of nitrogens with one attached hydrogen (secondary N) is 1. The van der Waals surface area contributed by atoms with Gasteiger partial charge in [0.2, 0.25) is 0 Å². The van der Waals surface area contributed by atoms with Gasteiger partial charge in [-0.05, 0) is 31.1 Å². The van der Waals surface area contributed by atoms with Crippen LogP contribution in [0.15, 0.2) is 23.4 Å². The lowest BCUT2D eigenvalue weighted by molar-refractivity contribution is 0.242. The first kappa shape index (κ1) is 17.0. The Hall–Kier alpha value is -1.02. The minimum absolute atomic E-state index is 0.0235. The topological polar surface area (TPSA) is 88.3 Å². The average Bonchev–Trinajstić information content (AvgIpc) is 2.35. The summed E-state index contributed by atoms with van der Waals surface area (Å²) in [5.74, 6) is 0. The maximum Gasteiger partial charge on any atom is 0.258 e. The standard InChI is InChI=1S/C13H24N4O2S/c1-13(2,10-17(3)4)9-16-20(18,19)12-6-5-11(7-14)8-15-12/h5-6,8,16H,7,9-10,14H2,1-4H3. The molecule has 0 unspecified atom stereocenters. The highest BCUT2D eigenvalue weighted by atomic mass is 32.2. The third-order valence-electron chi connectivity index (χ3n) is 2.79. The zero-order valence-corrected chi connectivity index (χ0v) is 13.4. The number of aromatic nitrogens is 1. The van der Waals surface area contributed by atoms with Crippen molar-refractivity contribution in [2.24, 2.45) is 11.1 Å². The van der Waals surface area contributed by atoms with E-state index in [0.29, 0.717) is 13.1 Å². The van der Waals surface area contributed by atoms with E-state index < -0.39 is 10.0 Å². The van der Waals surface area contributed by atoms with E-state index in [1.807, 2.05) is 32.8 Å². The molecule has 0 atom stereocenters. The van der Waals surface area contributed by atoms with Crippen LogP contribution in [0.25, 0.3) is 0 Å². The molecule has 0 amide bonds. The van der Waals surface area contributed by atoms with Gasteiger partial charge in [-0.3, -0.25) is 0 Å². The SMILES string of the molecule is CN(C)CC(C)(C)CNS(=O)(=O)c1ccc(CN)cn1. The van der Waals surface area contributed by atoms with Crippen molar-refractivity contribution in [3.8, 4) is 0 Å². The van der Waals surface area contributed by atoms with E-state index in [9.17, 15) is 8.42 Å². The van der Waals surface area contributed by atoms with E-state index >= 15 is 0 Å². The van der Waals surface area contributed by atoms with Crippen molar-refractivity contribution >= 4 is 10.0 Å². The number of nitrogens with zero attached hydrogens (tertiary/aromatic N) is 2. The second-order valence-electron chi connectivity index (χ2n) is 5.94. The van der Waals surface area contributed by atoms with Crippen LogP contribution in [0.1, 0.15) is 19.4 Å². The number of hydrogen-bond donors (Lipinski definition) is 2. The summed E-state index contributed by atoms with van der Waals surface area (Å²) in [7, 11) is 0.349. The molecule has 0 radical (unpaired) electrons. The first-order chi connectivity index (χ1) is 9.16. The van der Waals surface area contributed by atoms with E-state index in [-0.39, 0.29) is 10.4 Å². The molecule has 1 aromatic rings. The lowest BCUT2D eigenvalue weighted by Gasteiger charge is -2.28. The molecule has 1 aromatic heterocycles. The molecule has 6 nitrogen and oxygen atoms in total. The van der Waals surface area contributed by atoms with Crippen LogP contribution >= 0.6 is 0 Å². The fraction of sp³-hybridized carbons (Fsp3) is 0.615. The molecule has 1 heterocycles. The quantitative estimate of drug-likeness (QED) is 0.761. The molecule has 3 N–H and O–H groups in total. The van der Waals surface area contributed by atoms with E-state index in [2.05, 4.69) is 9.71 Å². The average molecular weight is 300 g/mol. The second kappa shape index (κ2) is 6.62. The minimum atomic E-state index is -3.57. The Morgan fingerprint density at radius 2 is 2.00 bits per heavy atom. The van der Waals surface area contributed by atoms with Crippen LogP contribution < -0.4 is 10.5 Å². The number of hydrogen-bond acceptors (Lipinski definition) is 5. The lowest BCUT2D eigenvalue weighted by atomic mass is 9.93. The Bertz CT molecular complexity index is 524. The molecule has 0 fully saturated rings. The van der Waals surface area contributed by atoms with E-state index in [1.54, 1.807) is 6.07 Å². The van der Waals surface area contributed by atoms with Crippen LogP contribution in [-0.2, 0) is 16.6 Å². The Labute approximate surface area is 121 Å². The van der Waals surface area contributed by atoms with Crippen molar-refractivity contribution < 1.29 is 8.42 Å². The molecular formula is C13H24N4O2S. The number of rotatable bonds is 7. The van der Waals surface area contributed by atoms with Crippen molar-refractivity contribution in [3.05, 3.63) is 23.9 Å². The summed E-state index contributed by atoms with van der Waals surface area (Å²) in [6, 6.07) is 3.15. The molecule has 0 aliphatic rings. The fourth-order valence-corrected chi connectivity index (χ4v) is 3.13. The monoisotopic (exact) mass is 300 g/mol. The van der Waals surface area contributed by atoms with Gasteiger partial charge in [-0.2, -0.15) is 0 Å². The van der Waals surface area contributed by atoms with Crippen LogP contribution in [0.3, 0.4) is 0 Å². The molecule has 0 spiro atoms. The van der Waals surface area contributed by atoms with Crippen molar-refractivity contribution in [1.29, 1.82) is 0 Å². The maximum absolute atomic E-state index is 12.1. The molecule has 0 saturated carbocycles. The fourth-order valence-electron chi connectivity index (χ4n) is 1.97. The summed E-state index contributed by atoms with van der Waals surface area (Å²) in [4.78, 5) is 5.97. The third kappa shape index (κ3) is 5.16. The lowest BCUT2D eigenvalue weighted by Crippen LogP contribution is -2.40. The van der Waals surface area contributed by atoms with Gasteiger partial charge in [0.25, 0.3) is 10.0 Å². The van der Waals surface area contributed by atoms with Gasteiger partial charge >= 0.3 is 0 Å². The maximum atomic E-state index is 12.1. The third-order valence-corrected chi connectivity index (χ3v) is 4.11. The zero-order chi connectivity index (χ0) is 15.4. The number of nitrogens with two attached hydrogens (primary N) is 1. The van der Waals surface area contributed by atoms with Crippen molar-refractivity contribution in [2.75, 3.05) is 27.2 Å². The van der Waals surface area contributed by atoms with Crippen LogP contribution in [-0.4, -0.2) is 45.5 Å². The number of sulfonamides is 1. The predicted molar refractivity (Wildman–Crippen MR) is 79.7 cm³/mol. The van der Waals surface area contributed by atoms with E-state index in [0.717, 1.165) is 12.1 Å². The van der Waals surface area contributed by atoms with E-state index in [4.69, 9.17) is 5.73 Å². The normalized spacial score (nSPS) is 12.9. The van der Waals surface area contributed by atoms with Gasteiger partial charge in [0, 0.05) is 25.8 Å². The molecule has 0 saturated heterocycles. The molecule has 7 heteroatoms. The van der Waals surface area contributed by atoms with Gasteiger partial charge in [0.15, 0.2) is 5.03 Å². The molecule has 0 aliphatic carbocycles. The highest BCUT2D eigenvalue weighted by Gasteiger charge is 2.23. The summed E-state index contributed by atoms with van der Waals surface area (Å²) in [5, 5.41) is 0.0235. The number of pyridine rings is 1. The highest BCUT2D eigenvalue weighted by molar-refractivity contribution is 7.89. The Balaban J connectivity index is 2.74. The first-order valence-electron chi connectivity index (χ1n) is 6.46. The predicted octanol–water partition coefficient (Wildman–Crippen LogP) is 0.406. The van der Waals surface area contributed by atoms with Gasteiger partial charge < -0.3 is 10.6 Å². The van der Waals surface area contributed by atoms with Crippen LogP contribution in [0.4, 0.5) is 0 Å². The Morgan fingerprint density at radius 3 is 2.45 bits per heavy atom. The van der Waals surface area contributed by atoms with Crippen molar-refractivity contribution in [3.63, 3.8) is 0 Å². The summed E-state index contributed by atoms with van der Waals surface area (Å²) < 4.78 is 26.9. The smallest absolute Gasteiger partial charge is 0.258 e. The van der Waals surface area contributed by atoms with Crippen molar-refractivity contribution in [1.82, 2.24) is 14.6 Å². The molecular weight excluding hydrogens is 276 g/mol. The largest absolute Gasteiger partial charge is 0.326 e. The van der Waals surface area contributed by atoms with Crippen LogP contribution in [0.2, 0.25) is 0 Å². The van der Waals surface area contributed by atoms with Crippen LogP contribution in [0.5, 0.6) is 0 Å². The molecule has 1 rings (SSSR count). The summed E-state index contributed by atoms with van der Waals surface area (Å²) in [6.07, 6.45) is 1.49. The van der Waals surface area contributed by atoms with Gasteiger partial charge in [-0.1, -0.05) is 19.9 Å². The van der Waals surface area contributed by atoms with E-state index in [1.165, 1.54) is 12.3 Å². The molecule has 0 bridgehead atoms. The second-order valence-corrected chi connectivity index (χ2v) is 7.65. The molecule has 0 aromatic carbocycles. The Kier molecular flexibility index (Phi) is 5.64. The summed E-state index contributed by atoms with van der Waals surface area (Å²) in [6.45, 7) is 5.51. The van der Waals surface area contributed by atoms with Crippen molar-refractivity contribution in [2.45, 2.75) is 25.4 Å². The van der Waals surface area contributed by atoms with Gasteiger partial charge in [0.1, 0.15) is 0 Å². The zero-order valence-electron chi connectivity index (χ0n) is 12.5. The summed E-state index contributed by atoms with van der Waals surface area (Å²) in [5.41, 5.74) is 6.11. The van der Waals surface area contributed by atoms with Gasteiger partial charge in [0.05, 0.1) is 0 Å². The minimum Gasteiger partial charge on any atom is -0.326 e.